The summed E-state index contributed by atoms with van der Waals surface area (Å²) >= 11 is 0. The van der Waals surface area contributed by atoms with Crippen molar-refractivity contribution in [3.05, 3.63) is 63.3 Å². The highest BCUT2D eigenvalue weighted by molar-refractivity contribution is 5.94. The minimum Gasteiger partial charge on any atom is -0.354 e. The Morgan fingerprint density at radius 1 is 1.19 bits per heavy atom. The van der Waals surface area contributed by atoms with Gasteiger partial charge in [-0.25, -0.2) is 4.98 Å². The quantitative estimate of drug-likeness (QED) is 0.802. The maximum Gasteiger partial charge on any atom is 0.259 e. The largest absolute Gasteiger partial charge is 0.354 e. The van der Waals surface area contributed by atoms with E-state index in [2.05, 4.69) is 5.32 Å². The highest BCUT2D eigenvalue weighted by Gasteiger charge is 2.30. The van der Waals surface area contributed by atoms with Gasteiger partial charge in [0.05, 0.1) is 23.8 Å². The molecule has 0 saturated heterocycles. The number of nitrogens with zero attached hydrogens (tertiary/aromatic N) is 3. The predicted molar refractivity (Wildman–Crippen MR) is 118 cm³/mol. The monoisotopic (exact) mass is 422 g/mol. The van der Waals surface area contributed by atoms with Crippen molar-refractivity contribution in [1.82, 2.24) is 19.8 Å². The zero-order valence-electron chi connectivity index (χ0n) is 18.3. The molecule has 1 aromatic carbocycles. The molecule has 1 aromatic heterocycles. The minimum atomic E-state index is -0.0923. The molecule has 3 heterocycles. The van der Waals surface area contributed by atoms with Gasteiger partial charge in [0, 0.05) is 37.9 Å². The van der Waals surface area contributed by atoms with Gasteiger partial charge >= 0.3 is 0 Å². The molecular weight excluding hydrogens is 392 g/mol. The van der Waals surface area contributed by atoms with E-state index in [1.165, 1.54) is 0 Å². The molecule has 1 N–H and O–H groups in total. The molecule has 0 saturated carbocycles. The summed E-state index contributed by atoms with van der Waals surface area (Å²) in [6.45, 7) is 5.30. The van der Waals surface area contributed by atoms with Crippen molar-refractivity contribution in [2.45, 2.75) is 58.5 Å². The number of amides is 2. The standard InChI is InChI=1S/C24H30N4O3/c1-16(2)13-22(29)25-14-18-9-6-10-21-26-20-11-12-27(15-19(20)24(31)28(18)21)23(30)17-7-4-3-5-8-17/h3-5,7-8,16,18H,6,9-15H2,1-2H3,(H,25,29). The molecule has 2 aromatic rings. The Kier molecular flexibility index (Phi) is 6.20. The van der Waals surface area contributed by atoms with Crippen LogP contribution in [0.25, 0.3) is 0 Å². The van der Waals surface area contributed by atoms with E-state index in [-0.39, 0.29) is 30.0 Å². The second kappa shape index (κ2) is 9.04. The Balaban J connectivity index is 1.57. The highest BCUT2D eigenvalue weighted by Crippen LogP contribution is 2.24. The van der Waals surface area contributed by atoms with E-state index in [1.807, 2.05) is 32.0 Å². The van der Waals surface area contributed by atoms with E-state index >= 15 is 0 Å². The maximum absolute atomic E-state index is 13.5. The molecule has 7 heteroatoms. The third kappa shape index (κ3) is 4.55. The fraction of sp³-hybridized carbons (Fsp3) is 0.500. The number of benzene rings is 1. The van der Waals surface area contributed by atoms with Crippen molar-refractivity contribution in [1.29, 1.82) is 0 Å². The number of nitrogens with one attached hydrogen (secondary N) is 1. The molecule has 2 aliphatic rings. The third-order valence-corrected chi connectivity index (χ3v) is 6.07. The van der Waals surface area contributed by atoms with E-state index in [0.29, 0.717) is 43.0 Å². The first kappa shape index (κ1) is 21.3. The molecule has 4 rings (SSSR count). The minimum absolute atomic E-state index is 0.0146. The molecule has 7 nitrogen and oxygen atoms in total. The zero-order valence-corrected chi connectivity index (χ0v) is 18.3. The first-order valence-electron chi connectivity index (χ1n) is 11.2. The van der Waals surface area contributed by atoms with Gasteiger partial charge in [-0.1, -0.05) is 32.0 Å². The maximum atomic E-state index is 13.5. The Bertz CT molecular complexity index is 1030. The second-order valence-electron chi connectivity index (χ2n) is 8.92. The van der Waals surface area contributed by atoms with Gasteiger partial charge in [-0.3, -0.25) is 19.0 Å². The molecule has 164 valence electrons. The number of rotatable bonds is 5. The summed E-state index contributed by atoms with van der Waals surface area (Å²) in [7, 11) is 0. The van der Waals surface area contributed by atoms with Gasteiger partial charge in [0.25, 0.3) is 11.5 Å². The Hall–Kier alpha value is -2.96. The number of aromatic nitrogens is 2. The molecule has 0 fully saturated rings. The number of fused-ring (bicyclic) bond motifs is 2. The lowest BCUT2D eigenvalue weighted by Crippen LogP contribution is -2.45. The third-order valence-electron chi connectivity index (χ3n) is 6.07. The van der Waals surface area contributed by atoms with Gasteiger partial charge in [-0.05, 0) is 30.9 Å². The lowest BCUT2D eigenvalue weighted by Gasteiger charge is -2.32. The van der Waals surface area contributed by atoms with Gasteiger partial charge in [0.15, 0.2) is 0 Å². The normalized spacial score (nSPS) is 17.8. The Morgan fingerprint density at radius 3 is 2.71 bits per heavy atom. The van der Waals surface area contributed by atoms with Crippen LogP contribution >= 0.6 is 0 Å². The summed E-state index contributed by atoms with van der Waals surface area (Å²) in [4.78, 5) is 45.0. The molecule has 2 aliphatic heterocycles. The van der Waals surface area contributed by atoms with E-state index < -0.39 is 0 Å². The fourth-order valence-corrected chi connectivity index (χ4v) is 4.52. The summed E-state index contributed by atoms with van der Waals surface area (Å²) in [6, 6.07) is 9.07. The van der Waals surface area contributed by atoms with Gasteiger partial charge in [-0.2, -0.15) is 0 Å². The average molecular weight is 423 g/mol. The van der Waals surface area contributed by atoms with E-state index in [0.717, 1.165) is 30.8 Å². The molecular formula is C24H30N4O3. The summed E-state index contributed by atoms with van der Waals surface area (Å²) in [5.41, 5.74) is 1.99. The Labute approximate surface area is 182 Å². The Morgan fingerprint density at radius 2 is 1.97 bits per heavy atom. The first-order valence-corrected chi connectivity index (χ1v) is 11.2. The molecule has 2 amide bonds. The van der Waals surface area contributed by atoms with Crippen LogP contribution in [0.4, 0.5) is 0 Å². The van der Waals surface area contributed by atoms with Crippen LogP contribution in [0.15, 0.2) is 35.1 Å². The molecule has 1 atom stereocenters. The van der Waals surface area contributed by atoms with Crippen LogP contribution in [0.1, 0.15) is 66.6 Å². The molecule has 0 bridgehead atoms. The number of carbonyl (C=O) groups is 2. The van der Waals surface area contributed by atoms with Crippen LogP contribution in [0.2, 0.25) is 0 Å². The fourth-order valence-electron chi connectivity index (χ4n) is 4.52. The van der Waals surface area contributed by atoms with Crippen molar-refractivity contribution in [2.75, 3.05) is 13.1 Å². The molecule has 0 radical (unpaired) electrons. The molecule has 1 unspecified atom stereocenters. The van der Waals surface area contributed by atoms with Gasteiger partial charge in [-0.15, -0.1) is 0 Å². The number of carbonyl (C=O) groups excluding carboxylic acids is 2. The van der Waals surface area contributed by atoms with Crippen LogP contribution in [0.5, 0.6) is 0 Å². The topological polar surface area (TPSA) is 84.3 Å². The predicted octanol–water partition coefficient (Wildman–Crippen LogP) is 2.48. The van der Waals surface area contributed by atoms with Crippen molar-refractivity contribution < 1.29 is 9.59 Å². The number of hydrogen-bond acceptors (Lipinski definition) is 4. The molecule has 0 aliphatic carbocycles. The lowest BCUT2D eigenvalue weighted by atomic mass is 10.00. The van der Waals surface area contributed by atoms with Gasteiger partial charge in [0.1, 0.15) is 5.82 Å². The highest BCUT2D eigenvalue weighted by atomic mass is 16.2. The number of hydrogen-bond donors (Lipinski definition) is 1. The van der Waals surface area contributed by atoms with Crippen molar-refractivity contribution in [2.24, 2.45) is 5.92 Å². The summed E-state index contributed by atoms with van der Waals surface area (Å²) in [5, 5.41) is 2.99. The van der Waals surface area contributed by atoms with Crippen LogP contribution in [-0.4, -0.2) is 39.4 Å². The summed E-state index contributed by atoms with van der Waals surface area (Å²) in [5.74, 6) is 1.05. The lowest BCUT2D eigenvalue weighted by molar-refractivity contribution is -0.121. The van der Waals surface area contributed by atoms with Crippen LogP contribution in [0.3, 0.4) is 0 Å². The van der Waals surface area contributed by atoms with Crippen LogP contribution < -0.4 is 10.9 Å². The smallest absolute Gasteiger partial charge is 0.259 e. The van der Waals surface area contributed by atoms with E-state index in [9.17, 15) is 14.4 Å². The van der Waals surface area contributed by atoms with E-state index in [1.54, 1.807) is 21.6 Å². The SMILES string of the molecule is CC(C)CC(=O)NCC1CCCc2nc3c(c(=O)n21)CN(C(=O)c1ccccc1)CC3. The van der Waals surface area contributed by atoms with Crippen molar-refractivity contribution in [3.8, 4) is 0 Å². The zero-order chi connectivity index (χ0) is 22.0. The van der Waals surface area contributed by atoms with Crippen molar-refractivity contribution >= 4 is 11.8 Å². The molecule has 0 spiro atoms. The van der Waals surface area contributed by atoms with Gasteiger partial charge in [0.2, 0.25) is 5.91 Å². The second-order valence-corrected chi connectivity index (χ2v) is 8.92. The van der Waals surface area contributed by atoms with E-state index in [4.69, 9.17) is 4.98 Å². The van der Waals surface area contributed by atoms with Crippen LogP contribution in [-0.2, 0) is 24.2 Å². The molecule has 31 heavy (non-hydrogen) atoms. The summed E-state index contributed by atoms with van der Waals surface area (Å²) < 4.78 is 1.77. The van der Waals surface area contributed by atoms with Gasteiger partial charge < -0.3 is 10.2 Å². The van der Waals surface area contributed by atoms with Crippen LogP contribution in [0, 0.1) is 5.92 Å². The number of aryl methyl sites for hydroxylation is 1. The van der Waals surface area contributed by atoms with Crippen molar-refractivity contribution in [3.63, 3.8) is 0 Å². The summed E-state index contributed by atoms with van der Waals surface area (Å²) in [6.07, 6.45) is 3.63. The first-order chi connectivity index (χ1) is 14.9. The average Bonchev–Trinajstić information content (AvgIpc) is 2.77.